The van der Waals surface area contributed by atoms with Crippen LogP contribution in [0.1, 0.15) is 17.2 Å². The van der Waals surface area contributed by atoms with Crippen molar-refractivity contribution >= 4 is 21.8 Å². The zero-order chi connectivity index (χ0) is 17.8. The van der Waals surface area contributed by atoms with E-state index >= 15 is 0 Å². The summed E-state index contributed by atoms with van der Waals surface area (Å²) in [5.41, 5.74) is 8.43. The molecule has 1 aliphatic rings. The van der Waals surface area contributed by atoms with Gasteiger partial charge in [-0.15, -0.1) is 0 Å². The quantitative estimate of drug-likeness (QED) is 0.805. The number of carbonyl (C=O) groups is 1. The Kier molecular flexibility index (Phi) is 5.73. The summed E-state index contributed by atoms with van der Waals surface area (Å²) in [6.45, 7) is 1.11. The van der Waals surface area contributed by atoms with Gasteiger partial charge >= 0.3 is 0 Å². The monoisotopic (exact) mass is 403 g/mol. The number of nitrogens with one attached hydrogen (secondary N) is 2. The van der Waals surface area contributed by atoms with E-state index in [2.05, 4.69) is 26.8 Å². The fourth-order valence-electron chi connectivity index (χ4n) is 3.19. The third-order valence-electron chi connectivity index (χ3n) is 4.48. The number of rotatable bonds is 5. The number of halogens is 1. The molecule has 0 radical (unpaired) electrons. The molecule has 0 aromatic heterocycles. The van der Waals surface area contributed by atoms with Gasteiger partial charge in [-0.25, -0.2) is 5.43 Å². The number of hydrogen-bond acceptors (Lipinski definition) is 4. The standard InChI is InChI=1S/C19H22BrN3O2/c1-23(12-14-10-15(20)8-9-17(14)25-2)19(24)16-11-21-22-18(16)13-6-4-3-5-7-13/h3-10,16,18,21-22H,11-12H2,1-2H3. The van der Waals surface area contributed by atoms with Gasteiger partial charge in [-0.3, -0.25) is 10.2 Å². The van der Waals surface area contributed by atoms with E-state index in [0.717, 1.165) is 21.3 Å². The van der Waals surface area contributed by atoms with Gasteiger partial charge in [-0.05, 0) is 23.8 Å². The fourth-order valence-corrected chi connectivity index (χ4v) is 3.60. The maximum atomic E-state index is 13.0. The maximum absolute atomic E-state index is 13.0. The molecule has 0 bridgehead atoms. The molecule has 2 atom stereocenters. The molecule has 1 heterocycles. The van der Waals surface area contributed by atoms with Crippen LogP contribution in [0, 0.1) is 5.92 Å². The van der Waals surface area contributed by atoms with Crippen molar-refractivity contribution in [2.24, 2.45) is 5.92 Å². The molecule has 0 aliphatic carbocycles. The molecule has 2 aromatic carbocycles. The van der Waals surface area contributed by atoms with E-state index in [1.165, 1.54) is 0 Å². The summed E-state index contributed by atoms with van der Waals surface area (Å²) in [4.78, 5) is 14.8. The van der Waals surface area contributed by atoms with Crippen LogP contribution >= 0.6 is 15.9 Å². The van der Waals surface area contributed by atoms with Crippen LogP contribution in [-0.4, -0.2) is 31.5 Å². The van der Waals surface area contributed by atoms with Gasteiger partial charge in [0.2, 0.25) is 5.91 Å². The molecule has 5 nitrogen and oxygen atoms in total. The summed E-state index contributed by atoms with van der Waals surface area (Å²) < 4.78 is 6.38. The Bertz CT molecular complexity index is 739. The third-order valence-corrected chi connectivity index (χ3v) is 4.98. The number of carbonyl (C=O) groups excluding carboxylic acids is 1. The Morgan fingerprint density at radius 1 is 1.28 bits per heavy atom. The Morgan fingerprint density at radius 3 is 2.76 bits per heavy atom. The molecule has 132 valence electrons. The molecule has 2 unspecified atom stereocenters. The van der Waals surface area contributed by atoms with E-state index < -0.39 is 0 Å². The predicted octanol–water partition coefficient (Wildman–Crippen LogP) is 2.88. The molecule has 1 amide bonds. The maximum Gasteiger partial charge on any atom is 0.229 e. The fraction of sp³-hybridized carbons (Fsp3) is 0.316. The predicted molar refractivity (Wildman–Crippen MR) is 101 cm³/mol. The van der Waals surface area contributed by atoms with Gasteiger partial charge in [0, 0.05) is 30.2 Å². The number of benzene rings is 2. The van der Waals surface area contributed by atoms with E-state index in [-0.39, 0.29) is 17.9 Å². The van der Waals surface area contributed by atoms with Gasteiger partial charge in [0.25, 0.3) is 0 Å². The Labute approximate surface area is 156 Å². The highest BCUT2D eigenvalue weighted by Crippen LogP contribution is 2.28. The van der Waals surface area contributed by atoms with Crippen LogP contribution in [0.4, 0.5) is 0 Å². The number of ether oxygens (including phenoxy) is 1. The van der Waals surface area contributed by atoms with E-state index in [1.807, 2.05) is 55.6 Å². The van der Waals surface area contributed by atoms with Crippen LogP contribution in [0.15, 0.2) is 53.0 Å². The summed E-state index contributed by atoms with van der Waals surface area (Å²) in [5, 5.41) is 0. The minimum absolute atomic E-state index is 0.0273. The average molecular weight is 404 g/mol. The van der Waals surface area contributed by atoms with Gasteiger partial charge in [-0.1, -0.05) is 46.3 Å². The van der Waals surface area contributed by atoms with Crippen molar-refractivity contribution in [1.29, 1.82) is 0 Å². The van der Waals surface area contributed by atoms with Crippen molar-refractivity contribution in [2.75, 3.05) is 20.7 Å². The average Bonchev–Trinajstić information content (AvgIpc) is 3.11. The lowest BCUT2D eigenvalue weighted by molar-refractivity contribution is -0.134. The van der Waals surface area contributed by atoms with Crippen LogP contribution < -0.4 is 15.6 Å². The first-order chi connectivity index (χ1) is 12.1. The number of hydrogen-bond donors (Lipinski definition) is 2. The molecule has 1 aliphatic heterocycles. The highest BCUT2D eigenvalue weighted by molar-refractivity contribution is 9.10. The van der Waals surface area contributed by atoms with Crippen molar-refractivity contribution in [3.63, 3.8) is 0 Å². The van der Waals surface area contributed by atoms with Crippen LogP contribution in [0.2, 0.25) is 0 Å². The zero-order valence-corrected chi connectivity index (χ0v) is 15.9. The van der Waals surface area contributed by atoms with Crippen LogP contribution in [0.5, 0.6) is 5.75 Å². The summed E-state index contributed by atoms with van der Waals surface area (Å²) in [7, 11) is 3.48. The van der Waals surface area contributed by atoms with Gasteiger partial charge < -0.3 is 9.64 Å². The Balaban J connectivity index is 1.75. The summed E-state index contributed by atoms with van der Waals surface area (Å²) in [5.74, 6) is 0.740. The molecular weight excluding hydrogens is 382 g/mol. The Morgan fingerprint density at radius 2 is 2.04 bits per heavy atom. The van der Waals surface area contributed by atoms with Crippen molar-refractivity contribution in [1.82, 2.24) is 15.8 Å². The summed E-state index contributed by atoms with van der Waals surface area (Å²) in [6.07, 6.45) is 0. The molecule has 2 N–H and O–H groups in total. The first-order valence-corrected chi connectivity index (χ1v) is 9.00. The SMILES string of the molecule is COc1ccc(Br)cc1CN(C)C(=O)C1CNNC1c1ccccc1. The van der Waals surface area contributed by atoms with Crippen molar-refractivity contribution in [3.05, 3.63) is 64.1 Å². The molecule has 6 heteroatoms. The molecule has 0 saturated carbocycles. The molecule has 1 fully saturated rings. The second-order valence-corrected chi connectivity index (χ2v) is 7.09. The van der Waals surface area contributed by atoms with E-state index in [9.17, 15) is 4.79 Å². The lowest BCUT2D eigenvalue weighted by Crippen LogP contribution is -2.36. The normalized spacial score (nSPS) is 19.6. The largest absolute Gasteiger partial charge is 0.496 e. The second kappa shape index (κ2) is 7.99. The number of nitrogens with zero attached hydrogens (tertiary/aromatic N) is 1. The highest BCUT2D eigenvalue weighted by Gasteiger charge is 2.35. The van der Waals surface area contributed by atoms with E-state index in [4.69, 9.17) is 4.74 Å². The molecule has 1 saturated heterocycles. The lowest BCUT2D eigenvalue weighted by Gasteiger charge is -2.25. The number of hydrazine groups is 1. The minimum atomic E-state index is -0.148. The first kappa shape index (κ1) is 17.9. The smallest absolute Gasteiger partial charge is 0.229 e. The first-order valence-electron chi connectivity index (χ1n) is 8.21. The number of amides is 1. The molecule has 3 rings (SSSR count). The van der Waals surface area contributed by atoms with Crippen molar-refractivity contribution in [3.8, 4) is 5.75 Å². The molecular formula is C19H22BrN3O2. The Hall–Kier alpha value is -1.89. The van der Waals surface area contributed by atoms with Gasteiger partial charge in [-0.2, -0.15) is 0 Å². The number of methoxy groups -OCH3 is 1. The second-order valence-electron chi connectivity index (χ2n) is 6.17. The van der Waals surface area contributed by atoms with Crippen LogP contribution in [-0.2, 0) is 11.3 Å². The summed E-state index contributed by atoms with van der Waals surface area (Å²) >= 11 is 3.48. The van der Waals surface area contributed by atoms with E-state index in [1.54, 1.807) is 12.0 Å². The molecule has 2 aromatic rings. The third kappa shape index (κ3) is 4.03. The highest BCUT2D eigenvalue weighted by atomic mass is 79.9. The van der Waals surface area contributed by atoms with Crippen LogP contribution in [0.25, 0.3) is 0 Å². The lowest BCUT2D eigenvalue weighted by atomic mass is 9.93. The van der Waals surface area contributed by atoms with Crippen LogP contribution in [0.3, 0.4) is 0 Å². The van der Waals surface area contributed by atoms with Gasteiger partial charge in [0.05, 0.1) is 19.1 Å². The zero-order valence-electron chi connectivity index (χ0n) is 14.3. The van der Waals surface area contributed by atoms with E-state index in [0.29, 0.717) is 13.1 Å². The van der Waals surface area contributed by atoms with Gasteiger partial charge in [0.1, 0.15) is 5.75 Å². The minimum Gasteiger partial charge on any atom is -0.496 e. The molecule has 25 heavy (non-hydrogen) atoms. The van der Waals surface area contributed by atoms with Gasteiger partial charge in [0.15, 0.2) is 0 Å². The van der Waals surface area contributed by atoms with Crippen molar-refractivity contribution in [2.45, 2.75) is 12.6 Å². The summed E-state index contributed by atoms with van der Waals surface area (Å²) in [6, 6.07) is 15.9. The topological polar surface area (TPSA) is 53.6 Å². The van der Waals surface area contributed by atoms with Crippen molar-refractivity contribution < 1.29 is 9.53 Å². The molecule has 0 spiro atoms.